The molecule has 1 fully saturated rings. The Bertz CT molecular complexity index is 1250. The van der Waals surface area contributed by atoms with Crippen molar-refractivity contribution in [2.24, 2.45) is 0 Å². The minimum atomic E-state index is -0.0969. The van der Waals surface area contributed by atoms with Crippen LogP contribution in [0, 0.1) is 0 Å². The average molecular weight is 485 g/mol. The van der Waals surface area contributed by atoms with Gasteiger partial charge >= 0.3 is 0 Å². The standard InChI is InChI=1S/C30H32N2O4/c1-30(2,23-7-4-3-5-8-23)24-10-12-25(13-11-24)35-22-27-14-15-28(36-27)29(33)32-18-16-31(17-19-32)21-26-9-6-20-34-26/h3-15,20H,16-19,21-22H2,1-2H3. The normalized spacial score (nSPS) is 14.7. The summed E-state index contributed by atoms with van der Waals surface area (Å²) in [6.07, 6.45) is 1.69. The first-order valence-electron chi connectivity index (χ1n) is 12.4. The van der Waals surface area contributed by atoms with Gasteiger partial charge in [0.15, 0.2) is 5.76 Å². The van der Waals surface area contributed by atoms with Gasteiger partial charge in [0.2, 0.25) is 0 Å². The van der Waals surface area contributed by atoms with Crippen LogP contribution in [0.5, 0.6) is 5.75 Å². The number of furan rings is 2. The summed E-state index contributed by atoms with van der Waals surface area (Å²) in [5, 5.41) is 0. The van der Waals surface area contributed by atoms with Crippen LogP contribution in [0.15, 0.2) is 94.0 Å². The van der Waals surface area contributed by atoms with Crippen LogP contribution in [0.25, 0.3) is 0 Å². The van der Waals surface area contributed by atoms with E-state index in [9.17, 15) is 4.79 Å². The SMILES string of the molecule is CC(C)(c1ccccc1)c1ccc(OCc2ccc(C(=O)N3CCN(Cc4ccco4)CC3)o2)cc1. The fourth-order valence-corrected chi connectivity index (χ4v) is 4.60. The molecule has 0 unspecified atom stereocenters. The van der Waals surface area contributed by atoms with Crippen molar-refractivity contribution in [3.8, 4) is 5.75 Å². The van der Waals surface area contributed by atoms with Gasteiger partial charge in [0.1, 0.15) is 23.9 Å². The first-order valence-corrected chi connectivity index (χ1v) is 12.4. The Hall–Kier alpha value is -3.77. The Morgan fingerprint density at radius 1 is 0.833 bits per heavy atom. The summed E-state index contributed by atoms with van der Waals surface area (Å²) in [4.78, 5) is 17.0. The fourth-order valence-electron chi connectivity index (χ4n) is 4.60. The molecule has 36 heavy (non-hydrogen) atoms. The predicted octanol–water partition coefficient (Wildman–Crippen LogP) is 5.74. The van der Waals surface area contributed by atoms with Gasteiger partial charge in [0, 0.05) is 31.6 Å². The molecule has 4 aromatic rings. The molecule has 1 aliphatic rings. The lowest BCUT2D eigenvalue weighted by atomic mass is 9.78. The molecule has 186 valence electrons. The molecule has 1 aliphatic heterocycles. The van der Waals surface area contributed by atoms with Gasteiger partial charge in [-0.05, 0) is 47.5 Å². The molecule has 0 aliphatic carbocycles. The van der Waals surface area contributed by atoms with Crippen molar-refractivity contribution in [1.29, 1.82) is 0 Å². The van der Waals surface area contributed by atoms with Crippen LogP contribution >= 0.6 is 0 Å². The Kier molecular flexibility index (Phi) is 6.96. The second kappa shape index (κ2) is 10.5. The highest BCUT2D eigenvalue weighted by molar-refractivity contribution is 5.91. The van der Waals surface area contributed by atoms with Crippen LogP contribution in [0.4, 0.5) is 0 Å². The van der Waals surface area contributed by atoms with Crippen molar-refractivity contribution in [3.05, 3.63) is 114 Å². The fraction of sp³-hybridized carbons (Fsp3) is 0.300. The van der Waals surface area contributed by atoms with E-state index in [0.717, 1.165) is 31.1 Å². The Balaban J connectivity index is 1.13. The van der Waals surface area contributed by atoms with E-state index in [0.29, 0.717) is 24.6 Å². The molecule has 1 saturated heterocycles. The Morgan fingerprint density at radius 2 is 1.56 bits per heavy atom. The van der Waals surface area contributed by atoms with Crippen LogP contribution < -0.4 is 4.74 Å². The average Bonchev–Trinajstić information content (AvgIpc) is 3.61. The number of hydrogen-bond donors (Lipinski definition) is 0. The summed E-state index contributed by atoms with van der Waals surface area (Å²) >= 11 is 0. The number of carbonyl (C=O) groups is 1. The predicted molar refractivity (Wildman–Crippen MR) is 138 cm³/mol. The lowest BCUT2D eigenvalue weighted by molar-refractivity contribution is 0.0586. The van der Waals surface area contributed by atoms with Crippen molar-refractivity contribution < 1.29 is 18.4 Å². The van der Waals surface area contributed by atoms with E-state index in [1.165, 1.54) is 11.1 Å². The number of hydrogen-bond acceptors (Lipinski definition) is 5. The number of benzene rings is 2. The zero-order valence-corrected chi connectivity index (χ0v) is 20.9. The van der Waals surface area contributed by atoms with Gasteiger partial charge in [-0.2, -0.15) is 0 Å². The Morgan fingerprint density at radius 3 is 2.25 bits per heavy atom. The van der Waals surface area contributed by atoms with Crippen molar-refractivity contribution in [2.75, 3.05) is 26.2 Å². The molecular weight excluding hydrogens is 452 g/mol. The first-order chi connectivity index (χ1) is 17.5. The van der Waals surface area contributed by atoms with Crippen molar-refractivity contribution in [1.82, 2.24) is 9.80 Å². The quantitative estimate of drug-likeness (QED) is 0.319. The molecule has 0 atom stereocenters. The molecule has 0 bridgehead atoms. The first kappa shape index (κ1) is 23.9. The molecule has 5 rings (SSSR count). The highest BCUT2D eigenvalue weighted by Crippen LogP contribution is 2.32. The molecule has 0 N–H and O–H groups in total. The molecule has 0 spiro atoms. The largest absolute Gasteiger partial charge is 0.486 e. The molecule has 0 saturated carbocycles. The van der Waals surface area contributed by atoms with Gasteiger partial charge in [0.05, 0.1) is 12.8 Å². The number of ether oxygens (including phenoxy) is 1. The van der Waals surface area contributed by atoms with Gasteiger partial charge < -0.3 is 18.5 Å². The van der Waals surface area contributed by atoms with Crippen LogP contribution in [-0.4, -0.2) is 41.9 Å². The number of rotatable bonds is 8. The van der Waals surface area contributed by atoms with E-state index in [2.05, 4.69) is 55.1 Å². The Labute approximate surface area is 212 Å². The molecule has 2 aromatic heterocycles. The molecule has 3 heterocycles. The van der Waals surface area contributed by atoms with E-state index in [1.807, 2.05) is 41.3 Å². The van der Waals surface area contributed by atoms with Crippen LogP contribution in [0.3, 0.4) is 0 Å². The second-order valence-electron chi connectivity index (χ2n) is 9.72. The molecule has 6 nitrogen and oxygen atoms in total. The maximum atomic E-state index is 12.9. The molecule has 6 heteroatoms. The minimum Gasteiger partial charge on any atom is -0.486 e. The van der Waals surface area contributed by atoms with E-state index in [4.69, 9.17) is 13.6 Å². The molecule has 1 amide bonds. The highest BCUT2D eigenvalue weighted by atomic mass is 16.5. The summed E-state index contributed by atoms with van der Waals surface area (Å²) in [6, 6.07) is 26.1. The smallest absolute Gasteiger partial charge is 0.289 e. The summed E-state index contributed by atoms with van der Waals surface area (Å²) in [6.45, 7) is 8.42. The third kappa shape index (κ3) is 5.39. The minimum absolute atomic E-state index is 0.0774. The number of carbonyl (C=O) groups excluding carboxylic acids is 1. The number of amides is 1. The number of nitrogens with zero attached hydrogens (tertiary/aromatic N) is 2. The maximum Gasteiger partial charge on any atom is 0.289 e. The molecule has 0 radical (unpaired) electrons. The third-order valence-electron chi connectivity index (χ3n) is 6.94. The van der Waals surface area contributed by atoms with Gasteiger partial charge in [-0.25, -0.2) is 0 Å². The van der Waals surface area contributed by atoms with Gasteiger partial charge in [0.25, 0.3) is 5.91 Å². The maximum absolute atomic E-state index is 12.9. The summed E-state index contributed by atoms with van der Waals surface area (Å²) in [5.74, 6) is 2.61. The number of piperazine rings is 1. The second-order valence-corrected chi connectivity index (χ2v) is 9.72. The van der Waals surface area contributed by atoms with E-state index >= 15 is 0 Å². The van der Waals surface area contributed by atoms with Crippen molar-refractivity contribution >= 4 is 5.91 Å². The van der Waals surface area contributed by atoms with Crippen LogP contribution in [0.1, 0.15) is 47.0 Å². The zero-order chi connectivity index (χ0) is 25.0. The highest BCUT2D eigenvalue weighted by Gasteiger charge is 2.25. The van der Waals surface area contributed by atoms with Gasteiger partial charge in [-0.3, -0.25) is 9.69 Å². The molecular formula is C30H32N2O4. The lowest BCUT2D eigenvalue weighted by Crippen LogP contribution is -2.48. The summed E-state index contributed by atoms with van der Waals surface area (Å²) in [7, 11) is 0. The van der Waals surface area contributed by atoms with Gasteiger partial charge in [-0.1, -0.05) is 56.3 Å². The topological polar surface area (TPSA) is 59.1 Å². The van der Waals surface area contributed by atoms with Crippen LogP contribution in [0.2, 0.25) is 0 Å². The third-order valence-corrected chi connectivity index (χ3v) is 6.94. The molecule has 2 aromatic carbocycles. The van der Waals surface area contributed by atoms with Crippen molar-refractivity contribution in [2.45, 2.75) is 32.4 Å². The van der Waals surface area contributed by atoms with Crippen LogP contribution in [-0.2, 0) is 18.6 Å². The van der Waals surface area contributed by atoms with E-state index in [-0.39, 0.29) is 17.9 Å². The monoisotopic (exact) mass is 484 g/mol. The van der Waals surface area contributed by atoms with Gasteiger partial charge in [-0.15, -0.1) is 0 Å². The zero-order valence-electron chi connectivity index (χ0n) is 20.9. The summed E-state index contributed by atoms with van der Waals surface area (Å²) < 4.78 is 17.2. The summed E-state index contributed by atoms with van der Waals surface area (Å²) in [5.41, 5.74) is 2.39. The van der Waals surface area contributed by atoms with E-state index in [1.54, 1.807) is 12.3 Å². The van der Waals surface area contributed by atoms with Crippen molar-refractivity contribution in [3.63, 3.8) is 0 Å². The lowest BCUT2D eigenvalue weighted by Gasteiger charge is -2.33. The van der Waals surface area contributed by atoms with E-state index < -0.39 is 0 Å².